The predicted octanol–water partition coefficient (Wildman–Crippen LogP) is 4.06. The van der Waals surface area contributed by atoms with Crippen LogP contribution in [0.3, 0.4) is 0 Å². The van der Waals surface area contributed by atoms with Crippen LogP contribution >= 0.6 is 0 Å². The number of hydrazine groups is 1. The molecule has 2 aliphatic heterocycles. The number of likely N-dealkylation sites (N-methyl/N-ethyl adjacent to an activating group) is 1. The van der Waals surface area contributed by atoms with Gasteiger partial charge in [0.15, 0.2) is 6.29 Å². The summed E-state index contributed by atoms with van der Waals surface area (Å²) in [4.78, 5) is 45.3. The van der Waals surface area contributed by atoms with Crippen LogP contribution in [-0.4, -0.2) is 120 Å². The molecule has 6 atom stereocenters. The number of aliphatic hydroxyl groups is 2. The normalized spacial score (nSPS) is 19.4. The lowest BCUT2D eigenvalue weighted by molar-refractivity contribution is -0.139. The number of aromatic nitrogens is 1. The van der Waals surface area contributed by atoms with E-state index in [-0.39, 0.29) is 32.0 Å². The highest BCUT2D eigenvalue weighted by Gasteiger charge is 2.44. The lowest BCUT2D eigenvalue weighted by atomic mass is 9.97. The number of alkyl carbamates (subject to hydrolysis) is 1. The molecule has 2 fully saturated rings. The van der Waals surface area contributed by atoms with E-state index in [0.29, 0.717) is 25.4 Å². The van der Waals surface area contributed by atoms with Crippen molar-refractivity contribution in [3.05, 3.63) is 84.1 Å². The highest BCUT2D eigenvalue weighted by atomic mass is 16.7. The lowest BCUT2D eigenvalue weighted by Crippen LogP contribution is -2.61. The summed E-state index contributed by atoms with van der Waals surface area (Å²) in [7, 11) is 2.53. The molecule has 0 aliphatic carbocycles. The number of nitrogens with zero attached hydrogens (tertiary/aromatic N) is 3. The van der Waals surface area contributed by atoms with Crippen LogP contribution in [0.15, 0.2) is 72.9 Å². The fraction of sp³-hybridized carbons (Fsp3) is 0.512. The van der Waals surface area contributed by atoms with Gasteiger partial charge in [0.2, 0.25) is 0 Å². The summed E-state index contributed by atoms with van der Waals surface area (Å²) in [6.07, 6.45) is 0.836. The van der Waals surface area contributed by atoms with Crippen LogP contribution in [0.4, 0.5) is 9.59 Å². The number of methoxy groups -OCH3 is 1. The second kappa shape index (κ2) is 19.9. The van der Waals surface area contributed by atoms with E-state index in [1.807, 2.05) is 66.7 Å². The number of carbonyl (C=O) groups is 3. The molecule has 5 rings (SSSR count). The Kier molecular flexibility index (Phi) is 15.0. The third kappa shape index (κ3) is 11.6. The number of amides is 3. The monoisotopic (exact) mass is 777 g/mol. The Morgan fingerprint density at radius 3 is 2.43 bits per heavy atom. The summed E-state index contributed by atoms with van der Waals surface area (Å²) in [6, 6.07) is 18.4. The van der Waals surface area contributed by atoms with Gasteiger partial charge >= 0.3 is 12.2 Å². The topological polar surface area (TPSA) is 181 Å². The zero-order valence-electron chi connectivity index (χ0n) is 32.8. The molecular weight excluding hydrogens is 722 g/mol. The Labute approximate surface area is 328 Å². The number of hydrogen-bond acceptors (Lipinski definition) is 12. The number of carbonyl (C=O) groups excluding carboxylic acids is 3. The van der Waals surface area contributed by atoms with E-state index < -0.39 is 54.3 Å². The first kappa shape index (κ1) is 42.3. The predicted molar refractivity (Wildman–Crippen MR) is 206 cm³/mol. The summed E-state index contributed by atoms with van der Waals surface area (Å²) in [5, 5.41) is 27.3. The molecule has 3 aromatic rings. The number of aliphatic hydroxyl groups excluding tert-OH is 1. The maximum Gasteiger partial charge on any atom is 0.410 e. The Morgan fingerprint density at radius 1 is 1.04 bits per heavy atom. The van der Waals surface area contributed by atoms with E-state index in [4.69, 9.17) is 23.7 Å². The highest BCUT2D eigenvalue weighted by Crippen LogP contribution is 2.33. The summed E-state index contributed by atoms with van der Waals surface area (Å²) < 4.78 is 27.7. The average Bonchev–Trinajstić information content (AvgIpc) is 3.80. The molecule has 4 N–H and O–H groups in total. The lowest BCUT2D eigenvalue weighted by Gasteiger charge is -2.37. The minimum atomic E-state index is -1.69. The van der Waals surface area contributed by atoms with Crippen LogP contribution in [0, 0.1) is 5.92 Å². The van der Waals surface area contributed by atoms with Crippen LogP contribution in [-0.2, 0) is 36.7 Å². The first-order valence-electron chi connectivity index (χ1n) is 19.0. The van der Waals surface area contributed by atoms with E-state index >= 15 is 0 Å². The van der Waals surface area contributed by atoms with E-state index in [2.05, 4.69) is 22.7 Å². The number of hydrogen-bond donors (Lipinski definition) is 4. The Morgan fingerprint density at radius 2 is 1.77 bits per heavy atom. The SMILES string of the molecule is CCCCOc1ccc(C[C@H](NC(=O)O[C@H]2CO[C@H]3OCC[C@H]32)[C@@H](O)CN(Cc2ccc(-c3ccccn3)cc2)NC(=O)[C@@H](N(C)C(=O)OC)C(C)(C)O)cc1. The van der Waals surface area contributed by atoms with Crippen molar-refractivity contribution < 1.29 is 48.3 Å². The maximum atomic E-state index is 13.9. The van der Waals surface area contributed by atoms with E-state index in [0.717, 1.165) is 40.1 Å². The molecule has 0 unspecified atom stereocenters. The minimum Gasteiger partial charge on any atom is -0.494 e. The zero-order valence-corrected chi connectivity index (χ0v) is 32.8. The van der Waals surface area contributed by atoms with Gasteiger partial charge in [-0.3, -0.25) is 20.1 Å². The Balaban J connectivity index is 1.38. The number of fused-ring (bicyclic) bond motifs is 1. The molecule has 0 bridgehead atoms. The largest absolute Gasteiger partial charge is 0.494 e. The molecule has 1 aromatic heterocycles. The van der Waals surface area contributed by atoms with Gasteiger partial charge in [0.1, 0.15) is 17.9 Å². The van der Waals surface area contributed by atoms with Gasteiger partial charge in [0, 0.05) is 31.9 Å². The fourth-order valence-corrected chi connectivity index (χ4v) is 6.94. The molecule has 3 amide bonds. The van der Waals surface area contributed by atoms with Crippen molar-refractivity contribution in [2.24, 2.45) is 5.92 Å². The van der Waals surface area contributed by atoms with Gasteiger partial charge in [-0.25, -0.2) is 14.6 Å². The van der Waals surface area contributed by atoms with Crippen molar-refractivity contribution in [2.45, 2.75) is 89.2 Å². The van der Waals surface area contributed by atoms with Crippen molar-refractivity contribution in [1.82, 2.24) is 25.6 Å². The summed E-state index contributed by atoms with van der Waals surface area (Å²) in [5.74, 6) is -0.0895. The number of ether oxygens (including phenoxy) is 5. The summed E-state index contributed by atoms with van der Waals surface area (Å²) in [5.41, 5.74) is 4.40. The molecule has 15 nitrogen and oxygen atoms in total. The summed E-state index contributed by atoms with van der Waals surface area (Å²) in [6.45, 7) is 6.16. The summed E-state index contributed by atoms with van der Waals surface area (Å²) >= 11 is 0. The van der Waals surface area contributed by atoms with Crippen molar-refractivity contribution in [1.29, 1.82) is 0 Å². The van der Waals surface area contributed by atoms with Crippen molar-refractivity contribution in [2.75, 3.05) is 40.5 Å². The van der Waals surface area contributed by atoms with Gasteiger partial charge in [0.05, 0.1) is 56.3 Å². The van der Waals surface area contributed by atoms with Gasteiger partial charge in [-0.1, -0.05) is 55.8 Å². The van der Waals surface area contributed by atoms with Gasteiger partial charge in [0.25, 0.3) is 5.91 Å². The van der Waals surface area contributed by atoms with Crippen LogP contribution in [0.2, 0.25) is 0 Å². The van der Waals surface area contributed by atoms with Crippen molar-refractivity contribution in [3.8, 4) is 17.0 Å². The molecule has 3 heterocycles. The van der Waals surface area contributed by atoms with E-state index in [1.54, 1.807) is 6.20 Å². The average molecular weight is 778 g/mol. The molecule has 0 radical (unpaired) electrons. The number of rotatable bonds is 18. The molecule has 2 saturated heterocycles. The van der Waals surface area contributed by atoms with Crippen LogP contribution in [0.1, 0.15) is 51.2 Å². The molecule has 2 aromatic carbocycles. The molecule has 0 saturated carbocycles. The number of unbranched alkanes of at least 4 members (excludes halogenated alkanes) is 1. The molecule has 2 aliphatic rings. The first-order chi connectivity index (χ1) is 26.9. The molecule has 15 heteroatoms. The first-order valence-corrected chi connectivity index (χ1v) is 19.0. The maximum absolute atomic E-state index is 13.9. The van der Waals surface area contributed by atoms with E-state index in [1.165, 1.54) is 33.0 Å². The van der Waals surface area contributed by atoms with Gasteiger partial charge in [-0.15, -0.1) is 0 Å². The Bertz CT molecular complexity index is 1710. The Hall–Kier alpha value is -4.80. The second-order valence-electron chi connectivity index (χ2n) is 14.7. The van der Waals surface area contributed by atoms with Crippen LogP contribution in [0.5, 0.6) is 5.75 Å². The highest BCUT2D eigenvalue weighted by molar-refractivity contribution is 5.86. The molecule has 56 heavy (non-hydrogen) atoms. The second-order valence-corrected chi connectivity index (χ2v) is 14.7. The number of nitrogens with one attached hydrogen (secondary N) is 2. The van der Waals surface area contributed by atoms with Crippen molar-refractivity contribution in [3.63, 3.8) is 0 Å². The third-order valence-electron chi connectivity index (χ3n) is 9.89. The molecule has 304 valence electrons. The van der Waals surface area contributed by atoms with Crippen LogP contribution in [0.25, 0.3) is 11.3 Å². The smallest absolute Gasteiger partial charge is 0.410 e. The molecule has 0 spiro atoms. The van der Waals surface area contributed by atoms with Crippen molar-refractivity contribution >= 4 is 18.1 Å². The van der Waals surface area contributed by atoms with E-state index in [9.17, 15) is 24.6 Å². The quantitative estimate of drug-likeness (QED) is 0.108. The number of pyridine rings is 1. The third-order valence-corrected chi connectivity index (χ3v) is 9.89. The minimum absolute atomic E-state index is 0.0778. The fourth-order valence-electron chi connectivity index (χ4n) is 6.94. The van der Waals surface area contributed by atoms with Gasteiger partial charge < -0.3 is 39.2 Å². The van der Waals surface area contributed by atoms with Crippen LogP contribution < -0.4 is 15.5 Å². The van der Waals surface area contributed by atoms with Gasteiger partial charge in [-0.2, -0.15) is 0 Å². The standard InChI is InChI=1S/C41H55N5O10/c1-6-7-21-53-30-17-13-27(14-18-30)23-33(43-39(49)56-35-26-55-38-31(35)19-22-54-38)34(47)25-46(44-37(48)36(41(2,3)51)45(4)40(50)52-5)24-28-11-15-29(16-12-28)32-10-8-9-20-42-32/h8-18,20,31,33-36,38,47,51H,6-7,19,21-26H2,1-5H3,(H,43,49)(H,44,48)/t31-,33-,34-,35-,36+,38+/m0/s1. The van der Waals surface area contributed by atoms with Gasteiger partial charge in [-0.05, 0) is 68.5 Å². The number of benzene rings is 2. The zero-order chi connectivity index (χ0) is 40.2. The molecular formula is C41H55N5O10.